The molecule has 1 fully saturated rings. The molecule has 8 nitrogen and oxygen atoms in total. The van der Waals surface area contributed by atoms with Crippen molar-refractivity contribution in [1.29, 1.82) is 0 Å². The lowest BCUT2D eigenvalue weighted by Gasteiger charge is -2.51. The van der Waals surface area contributed by atoms with E-state index in [1.165, 1.54) is 7.11 Å². The molecule has 1 heterocycles. The van der Waals surface area contributed by atoms with E-state index in [-0.39, 0.29) is 18.4 Å². The van der Waals surface area contributed by atoms with Gasteiger partial charge in [0.2, 0.25) is 5.91 Å². The van der Waals surface area contributed by atoms with E-state index >= 15 is 0 Å². The third-order valence-corrected chi connectivity index (χ3v) is 7.38. The summed E-state index contributed by atoms with van der Waals surface area (Å²) in [5.41, 5.74) is 0.250. The zero-order valence-electron chi connectivity index (χ0n) is 22.0. The first-order valence-electron chi connectivity index (χ1n) is 12.4. The van der Waals surface area contributed by atoms with Crippen molar-refractivity contribution in [2.45, 2.75) is 52.3 Å². The van der Waals surface area contributed by atoms with Gasteiger partial charge in [-0.15, -0.1) is 0 Å². The van der Waals surface area contributed by atoms with E-state index in [0.717, 1.165) is 11.1 Å². The average molecular weight is 530 g/mol. The van der Waals surface area contributed by atoms with E-state index in [0.29, 0.717) is 30.1 Å². The lowest BCUT2D eigenvalue weighted by atomic mass is 9.66. The summed E-state index contributed by atoms with van der Waals surface area (Å²) in [5.74, 6) is -0.750. The van der Waals surface area contributed by atoms with Crippen LogP contribution in [0.25, 0.3) is 0 Å². The second-order valence-corrected chi connectivity index (χ2v) is 10.9. The van der Waals surface area contributed by atoms with Crippen LogP contribution in [-0.2, 0) is 21.7 Å². The van der Waals surface area contributed by atoms with Gasteiger partial charge in [-0.05, 0) is 47.7 Å². The molecule has 3 N–H and O–H groups in total. The number of halogens is 1. The number of benzene rings is 2. The van der Waals surface area contributed by atoms with Crippen LogP contribution in [-0.4, -0.2) is 54.2 Å². The highest BCUT2D eigenvalue weighted by molar-refractivity contribution is 6.30. The van der Waals surface area contributed by atoms with Crippen LogP contribution in [0.3, 0.4) is 0 Å². The van der Waals surface area contributed by atoms with Crippen molar-refractivity contribution in [3.8, 4) is 0 Å². The largest absolute Gasteiger partial charge is 0.465 e. The first kappa shape index (κ1) is 28.5. The van der Waals surface area contributed by atoms with Gasteiger partial charge in [-0.1, -0.05) is 63.6 Å². The van der Waals surface area contributed by atoms with Crippen molar-refractivity contribution in [2.24, 2.45) is 11.3 Å². The van der Waals surface area contributed by atoms with Gasteiger partial charge in [-0.3, -0.25) is 4.79 Å². The van der Waals surface area contributed by atoms with Crippen LogP contribution in [0.2, 0.25) is 5.02 Å². The molecular weight excluding hydrogens is 494 g/mol. The highest BCUT2D eigenvalue weighted by Crippen LogP contribution is 2.46. The second-order valence-electron chi connectivity index (χ2n) is 10.5. The minimum atomic E-state index is -1.12. The normalized spacial score (nSPS) is 19.7. The molecule has 1 aliphatic rings. The first-order valence-corrected chi connectivity index (χ1v) is 12.7. The molecule has 3 rings (SSSR count). The van der Waals surface area contributed by atoms with Crippen molar-refractivity contribution in [3.63, 3.8) is 0 Å². The Morgan fingerprint density at radius 2 is 1.70 bits per heavy atom. The van der Waals surface area contributed by atoms with Crippen LogP contribution in [0, 0.1) is 11.3 Å². The van der Waals surface area contributed by atoms with Gasteiger partial charge in [0.05, 0.1) is 18.3 Å². The highest BCUT2D eigenvalue weighted by atomic mass is 35.5. The van der Waals surface area contributed by atoms with E-state index in [9.17, 15) is 19.5 Å². The SMILES string of the molecule is COC(=O)c1ccc(CNC(=O)N[C@@H](C(=O)N2CC[C@](O)(c3ccc(Cl)cc3)C(C)(C)C2)C(C)C)cc1. The molecule has 9 heteroatoms. The summed E-state index contributed by atoms with van der Waals surface area (Å²) in [6, 6.07) is 12.7. The Morgan fingerprint density at radius 3 is 2.24 bits per heavy atom. The lowest BCUT2D eigenvalue weighted by molar-refractivity contribution is -0.155. The summed E-state index contributed by atoms with van der Waals surface area (Å²) in [4.78, 5) is 39.5. The lowest BCUT2D eigenvalue weighted by Crippen LogP contribution is -2.61. The molecule has 3 amide bonds. The maximum atomic E-state index is 13.5. The van der Waals surface area contributed by atoms with Gasteiger partial charge in [-0.25, -0.2) is 9.59 Å². The average Bonchev–Trinajstić information content (AvgIpc) is 2.87. The molecule has 1 saturated heterocycles. The van der Waals surface area contributed by atoms with Crippen molar-refractivity contribution < 1.29 is 24.2 Å². The van der Waals surface area contributed by atoms with Crippen molar-refractivity contribution in [2.75, 3.05) is 20.2 Å². The second kappa shape index (κ2) is 11.5. The van der Waals surface area contributed by atoms with Crippen LogP contribution >= 0.6 is 11.6 Å². The number of urea groups is 1. The summed E-state index contributed by atoms with van der Waals surface area (Å²) in [7, 11) is 1.32. The smallest absolute Gasteiger partial charge is 0.337 e. The number of aliphatic hydroxyl groups is 1. The first-order chi connectivity index (χ1) is 17.4. The predicted octanol–water partition coefficient (Wildman–Crippen LogP) is 4.10. The maximum Gasteiger partial charge on any atom is 0.337 e. The number of nitrogens with one attached hydrogen (secondary N) is 2. The van der Waals surface area contributed by atoms with Gasteiger partial charge in [-0.2, -0.15) is 0 Å². The van der Waals surface area contributed by atoms with E-state index in [2.05, 4.69) is 10.6 Å². The Balaban J connectivity index is 1.63. The number of methoxy groups -OCH3 is 1. The molecule has 2 aromatic rings. The molecule has 200 valence electrons. The predicted molar refractivity (Wildman–Crippen MR) is 142 cm³/mol. The number of amides is 3. The van der Waals surface area contributed by atoms with Gasteiger partial charge < -0.3 is 25.4 Å². The Hall–Kier alpha value is -3.10. The van der Waals surface area contributed by atoms with Gasteiger partial charge in [0.25, 0.3) is 0 Å². The Bertz CT molecular complexity index is 1120. The van der Waals surface area contributed by atoms with Crippen LogP contribution in [0.1, 0.15) is 55.6 Å². The summed E-state index contributed by atoms with van der Waals surface area (Å²) < 4.78 is 4.69. The number of esters is 1. The Kier molecular flexibility index (Phi) is 8.87. The molecule has 1 aliphatic heterocycles. The monoisotopic (exact) mass is 529 g/mol. The Morgan fingerprint density at radius 1 is 1.08 bits per heavy atom. The number of carbonyl (C=O) groups is 3. The van der Waals surface area contributed by atoms with Gasteiger partial charge >= 0.3 is 12.0 Å². The number of carbonyl (C=O) groups excluding carboxylic acids is 3. The third-order valence-electron chi connectivity index (χ3n) is 7.13. The molecule has 0 spiro atoms. The minimum absolute atomic E-state index is 0.141. The third kappa shape index (κ3) is 6.43. The molecule has 0 aliphatic carbocycles. The van der Waals surface area contributed by atoms with Gasteiger partial charge in [0.1, 0.15) is 6.04 Å². The molecule has 0 bridgehead atoms. The summed E-state index contributed by atoms with van der Waals surface area (Å²) in [5, 5.41) is 17.8. The highest BCUT2D eigenvalue weighted by Gasteiger charge is 2.50. The molecule has 2 atom stereocenters. The minimum Gasteiger partial charge on any atom is -0.465 e. The zero-order valence-corrected chi connectivity index (χ0v) is 22.8. The number of hydrogen-bond donors (Lipinski definition) is 3. The number of piperidine rings is 1. The number of nitrogens with zero attached hydrogens (tertiary/aromatic N) is 1. The van der Waals surface area contributed by atoms with E-state index in [4.69, 9.17) is 16.3 Å². The van der Waals surface area contributed by atoms with Crippen LogP contribution in [0.4, 0.5) is 4.79 Å². The zero-order chi connectivity index (χ0) is 27.4. The fourth-order valence-electron chi connectivity index (χ4n) is 4.73. The molecule has 0 unspecified atom stereocenters. The van der Waals surface area contributed by atoms with Crippen LogP contribution in [0.5, 0.6) is 0 Å². The quantitative estimate of drug-likeness (QED) is 0.468. The number of likely N-dealkylation sites (tertiary alicyclic amines) is 1. The summed E-state index contributed by atoms with van der Waals surface area (Å²) in [6.45, 7) is 8.58. The fourth-order valence-corrected chi connectivity index (χ4v) is 4.86. The topological polar surface area (TPSA) is 108 Å². The van der Waals surface area contributed by atoms with Crippen LogP contribution < -0.4 is 10.6 Å². The number of hydrogen-bond acceptors (Lipinski definition) is 5. The Labute approximate surface area is 223 Å². The summed E-state index contributed by atoms with van der Waals surface area (Å²) >= 11 is 6.03. The molecule has 2 aromatic carbocycles. The van der Waals surface area contributed by atoms with Crippen molar-refractivity contribution >= 4 is 29.5 Å². The number of rotatable bonds is 7. The summed E-state index contributed by atoms with van der Waals surface area (Å²) in [6.07, 6.45) is 0.367. The molecule has 0 aromatic heterocycles. The fraction of sp³-hybridized carbons (Fsp3) is 0.464. The molecule has 37 heavy (non-hydrogen) atoms. The molecular formula is C28H36ClN3O5. The number of ether oxygens (including phenoxy) is 1. The molecule has 0 saturated carbocycles. The van der Waals surface area contributed by atoms with E-state index < -0.39 is 29.1 Å². The maximum absolute atomic E-state index is 13.5. The van der Waals surface area contributed by atoms with E-state index in [1.807, 2.05) is 39.8 Å². The van der Waals surface area contributed by atoms with Gasteiger partial charge in [0, 0.05) is 30.1 Å². The molecule has 0 radical (unpaired) electrons. The van der Waals surface area contributed by atoms with Gasteiger partial charge in [0.15, 0.2) is 0 Å². The van der Waals surface area contributed by atoms with Crippen LogP contribution in [0.15, 0.2) is 48.5 Å². The van der Waals surface area contributed by atoms with Crippen molar-refractivity contribution in [3.05, 3.63) is 70.2 Å². The van der Waals surface area contributed by atoms with Crippen molar-refractivity contribution in [1.82, 2.24) is 15.5 Å². The standard InChI is InChI=1S/C28H36ClN3O5/c1-18(2)23(31-26(35)30-16-19-6-8-20(9-7-19)25(34)37-5)24(33)32-15-14-28(36,27(3,4)17-32)21-10-12-22(29)13-11-21/h6-13,18,23,36H,14-17H2,1-5H3,(H2,30,31,35)/t23-,28+/m1/s1. The van der Waals surface area contributed by atoms with E-state index in [1.54, 1.807) is 41.3 Å².